The molecule has 16 heavy (non-hydrogen) atoms. The van der Waals surface area contributed by atoms with Crippen LogP contribution in [0.4, 0.5) is 16.2 Å². The Kier molecular flexibility index (Phi) is 6.51. The number of benzene rings is 1. The number of urea groups is 1. The van der Waals surface area contributed by atoms with Gasteiger partial charge >= 0.3 is 6.03 Å². The molecule has 0 bridgehead atoms. The van der Waals surface area contributed by atoms with Crippen LogP contribution in [0.25, 0.3) is 0 Å². The van der Waals surface area contributed by atoms with Crippen molar-refractivity contribution in [3.63, 3.8) is 0 Å². The molecule has 0 aliphatic rings. The normalized spacial score (nSPS) is 8.88. The zero-order chi connectivity index (χ0) is 12.6. The zero-order valence-electron chi connectivity index (χ0n) is 9.81. The van der Waals surface area contributed by atoms with Gasteiger partial charge in [0.1, 0.15) is 0 Å². The van der Waals surface area contributed by atoms with Gasteiger partial charge in [0.15, 0.2) is 0 Å². The van der Waals surface area contributed by atoms with Crippen LogP contribution in [-0.4, -0.2) is 24.0 Å². The maximum absolute atomic E-state index is 10.3. The second-order valence-electron chi connectivity index (χ2n) is 3.18. The van der Waals surface area contributed by atoms with E-state index in [4.69, 9.17) is 17.2 Å². The topological polar surface area (TPSA) is 98.4 Å². The highest BCUT2D eigenvalue weighted by atomic mass is 16.2. The van der Waals surface area contributed by atoms with Crippen LogP contribution in [0.2, 0.25) is 0 Å². The van der Waals surface area contributed by atoms with Crippen LogP contribution in [0.15, 0.2) is 24.3 Å². The fourth-order valence-electron chi connectivity index (χ4n) is 1.03. The van der Waals surface area contributed by atoms with E-state index in [0.29, 0.717) is 13.1 Å². The van der Waals surface area contributed by atoms with Crippen LogP contribution in [0.5, 0.6) is 0 Å². The van der Waals surface area contributed by atoms with E-state index in [9.17, 15) is 4.79 Å². The van der Waals surface area contributed by atoms with Gasteiger partial charge in [-0.2, -0.15) is 0 Å². The second kappa shape index (κ2) is 7.39. The van der Waals surface area contributed by atoms with Crippen molar-refractivity contribution in [2.24, 2.45) is 5.73 Å². The van der Waals surface area contributed by atoms with Gasteiger partial charge in [-0.05, 0) is 38.1 Å². The molecule has 2 amide bonds. The molecular weight excluding hydrogens is 204 g/mol. The summed E-state index contributed by atoms with van der Waals surface area (Å²) in [7, 11) is 0. The molecular formula is C11H20N4O. The lowest BCUT2D eigenvalue weighted by Gasteiger charge is -2.13. The number of carbonyl (C=O) groups is 1. The van der Waals surface area contributed by atoms with Crippen LogP contribution in [-0.2, 0) is 0 Å². The van der Waals surface area contributed by atoms with Gasteiger partial charge in [0.05, 0.1) is 0 Å². The number of hydrogen-bond acceptors (Lipinski definition) is 3. The largest absolute Gasteiger partial charge is 0.399 e. The summed E-state index contributed by atoms with van der Waals surface area (Å²) in [4.78, 5) is 11.9. The molecule has 0 saturated heterocycles. The lowest BCUT2D eigenvalue weighted by atomic mass is 10.3. The number of amides is 2. The third-order valence-corrected chi connectivity index (χ3v) is 2.01. The molecule has 5 nitrogen and oxygen atoms in total. The minimum Gasteiger partial charge on any atom is -0.399 e. The Bertz CT molecular complexity index is 285. The number of hydrogen-bond donors (Lipinski definition) is 3. The van der Waals surface area contributed by atoms with Crippen molar-refractivity contribution in [3.05, 3.63) is 24.3 Å². The maximum Gasteiger partial charge on any atom is 0.314 e. The van der Waals surface area contributed by atoms with Gasteiger partial charge in [0, 0.05) is 24.5 Å². The fraction of sp³-hybridized carbons (Fsp3) is 0.364. The SMILES string of the molecule is CCN(CC)C(N)=O.Nc1ccc(N)cc1. The molecule has 0 radical (unpaired) electrons. The molecule has 0 saturated carbocycles. The zero-order valence-corrected chi connectivity index (χ0v) is 9.81. The van der Waals surface area contributed by atoms with E-state index in [0.717, 1.165) is 11.4 Å². The molecule has 0 aliphatic carbocycles. The lowest BCUT2D eigenvalue weighted by Crippen LogP contribution is -2.35. The Hall–Kier alpha value is -1.91. The van der Waals surface area contributed by atoms with E-state index < -0.39 is 0 Å². The number of carbonyl (C=O) groups excluding carboxylic acids is 1. The van der Waals surface area contributed by atoms with Gasteiger partial charge in [0.25, 0.3) is 0 Å². The van der Waals surface area contributed by atoms with Crippen LogP contribution < -0.4 is 17.2 Å². The van der Waals surface area contributed by atoms with Gasteiger partial charge in [-0.3, -0.25) is 0 Å². The van der Waals surface area contributed by atoms with Gasteiger partial charge in [-0.15, -0.1) is 0 Å². The van der Waals surface area contributed by atoms with Gasteiger partial charge in [-0.1, -0.05) is 0 Å². The predicted octanol–water partition coefficient (Wildman–Crippen LogP) is 1.26. The number of primary amides is 1. The Labute approximate surface area is 96.2 Å². The average Bonchev–Trinajstić information content (AvgIpc) is 2.25. The molecule has 0 aliphatic heterocycles. The standard InChI is InChI=1S/C6H8N2.C5H12N2O/c7-5-1-2-6(8)4-3-5;1-3-7(4-2)5(6)8/h1-4H,7-8H2;3-4H2,1-2H3,(H2,6,8). The fourth-order valence-corrected chi connectivity index (χ4v) is 1.03. The quantitative estimate of drug-likeness (QED) is 0.659. The molecule has 1 rings (SSSR count). The van der Waals surface area contributed by atoms with Crippen molar-refractivity contribution in [3.8, 4) is 0 Å². The number of nitrogen functional groups attached to an aromatic ring is 2. The molecule has 0 spiro atoms. The highest BCUT2D eigenvalue weighted by Gasteiger charge is 2.00. The lowest BCUT2D eigenvalue weighted by molar-refractivity contribution is 0.213. The molecule has 5 heteroatoms. The summed E-state index contributed by atoms with van der Waals surface area (Å²) in [6.45, 7) is 5.19. The summed E-state index contributed by atoms with van der Waals surface area (Å²) >= 11 is 0. The van der Waals surface area contributed by atoms with Crippen molar-refractivity contribution in [2.75, 3.05) is 24.6 Å². The molecule has 0 aromatic heterocycles. The van der Waals surface area contributed by atoms with Crippen LogP contribution in [0, 0.1) is 0 Å². The second-order valence-corrected chi connectivity index (χ2v) is 3.18. The van der Waals surface area contributed by atoms with Crippen LogP contribution in [0.3, 0.4) is 0 Å². The summed E-state index contributed by atoms with van der Waals surface area (Å²) in [6, 6.07) is 6.75. The highest BCUT2D eigenvalue weighted by Crippen LogP contribution is 2.04. The molecule has 6 N–H and O–H groups in total. The Morgan fingerprint density at radius 2 is 1.38 bits per heavy atom. The van der Waals surface area contributed by atoms with Crippen LogP contribution >= 0.6 is 0 Å². The number of anilines is 2. The van der Waals surface area contributed by atoms with Crippen LogP contribution in [0.1, 0.15) is 13.8 Å². The molecule has 0 unspecified atom stereocenters. The van der Waals surface area contributed by atoms with E-state index in [-0.39, 0.29) is 6.03 Å². The van der Waals surface area contributed by atoms with Gasteiger partial charge in [-0.25, -0.2) is 4.79 Å². The first-order valence-corrected chi connectivity index (χ1v) is 5.16. The first-order chi connectivity index (χ1) is 7.51. The predicted molar refractivity (Wildman–Crippen MR) is 67.8 cm³/mol. The molecule has 0 atom stereocenters. The van der Waals surface area contributed by atoms with E-state index in [2.05, 4.69) is 0 Å². The summed E-state index contributed by atoms with van der Waals surface area (Å²) in [5.41, 5.74) is 17.2. The van der Waals surface area contributed by atoms with E-state index >= 15 is 0 Å². The van der Waals surface area contributed by atoms with E-state index in [1.54, 1.807) is 29.2 Å². The molecule has 1 aromatic rings. The molecule has 0 fully saturated rings. The molecule has 90 valence electrons. The van der Waals surface area contributed by atoms with Crippen molar-refractivity contribution in [1.82, 2.24) is 4.90 Å². The molecule has 0 heterocycles. The first-order valence-electron chi connectivity index (χ1n) is 5.16. The summed E-state index contributed by atoms with van der Waals surface area (Å²) < 4.78 is 0. The number of rotatable bonds is 2. The highest BCUT2D eigenvalue weighted by molar-refractivity contribution is 5.71. The number of nitrogens with two attached hydrogens (primary N) is 3. The summed E-state index contributed by atoms with van der Waals surface area (Å²) in [5, 5.41) is 0. The summed E-state index contributed by atoms with van der Waals surface area (Å²) in [6.07, 6.45) is 0. The maximum atomic E-state index is 10.3. The number of nitrogens with zero attached hydrogens (tertiary/aromatic N) is 1. The van der Waals surface area contributed by atoms with E-state index in [1.165, 1.54) is 0 Å². The summed E-state index contributed by atoms with van der Waals surface area (Å²) in [5.74, 6) is 0. The monoisotopic (exact) mass is 224 g/mol. The first kappa shape index (κ1) is 14.1. The minimum atomic E-state index is -0.338. The van der Waals surface area contributed by atoms with Crippen molar-refractivity contribution in [2.45, 2.75) is 13.8 Å². The Morgan fingerprint density at radius 1 is 1.06 bits per heavy atom. The molecule has 1 aromatic carbocycles. The average molecular weight is 224 g/mol. The Morgan fingerprint density at radius 3 is 1.50 bits per heavy atom. The van der Waals surface area contributed by atoms with Crippen molar-refractivity contribution in [1.29, 1.82) is 0 Å². The smallest absolute Gasteiger partial charge is 0.314 e. The van der Waals surface area contributed by atoms with Crippen molar-refractivity contribution < 1.29 is 4.79 Å². The van der Waals surface area contributed by atoms with E-state index in [1.807, 2.05) is 13.8 Å². The van der Waals surface area contributed by atoms with Gasteiger partial charge < -0.3 is 22.1 Å². The van der Waals surface area contributed by atoms with Gasteiger partial charge in [0.2, 0.25) is 0 Å². The van der Waals surface area contributed by atoms with Crippen molar-refractivity contribution >= 4 is 17.4 Å². The third-order valence-electron chi connectivity index (χ3n) is 2.01. The Balaban J connectivity index is 0.000000281. The third kappa shape index (κ3) is 5.74. The minimum absolute atomic E-state index is 0.338.